The van der Waals surface area contributed by atoms with Crippen LogP contribution in [0.1, 0.15) is 0 Å². The molecule has 2 nitrogen and oxygen atoms in total. The molecular weight excluding hydrogens is 176 g/mol. The van der Waals surface area contributed by atoms with E-state index < -0.39 is 7.71 Å². The zero-order chi connectivity index (χ0) is 6.91. The van der Waals surface area contributed by atoms with Gasteiger partial charge in [-0.25, -0.2) is 0 Å². The van der Waals surface area contributed by atoms with Gasteiger partial charge < -0.3 is 8.37 Å². The van der Waals surface area contributed by atoms with Gasteiger partial charge in [0.2, 0.25) is 13.5 Å². The molecule has 0 aliphatic carbocycles. The lowest BCUT2D eigenvalue weighted by Crippen LogP contribution is -1.92. The van der Waals surface area contributed by atoms with Gasteiger partial charge in [0.15, 0.2) is 6.26 Å². The lowest BCUT2D eigenvalue weighted by atomic mass is 10.6. The van der Waals surface area contributed by atoms with Gasteiger partial charge in [-0.3, -0.25) is 0 Å². The number of hydrogen-bond donors (Lipinski definition) is 0. The summed E-state index contributed by atoms with van der Waals surface area (Å²) in [4.78, 5) is 0. The van der Waals surface area contributed by atoms with E-state index in [1.807, 2.05) is 0 Å². The third-order valence-corrected chi connectivity index (χ3v) is 2.20. The minimum Gasteiger partial charge on any atom is -0.396 e. The van der Waals surface area contributed by atoms with Crippen LogP contribution in [0.4, 0.5) is 0 Å². The predicted octanol–water partition coefficient (Wildman–Crippen LogP) is 0.416. The van der Waals surface area contributed by atoms with Gasteiger partial charge in [0.25, 0.3) is 0 Å². The normalized spacial score (nSPS) is 21.0. The van der Waals surface area contributed by atoms with Crippen LogP contribution in [0.15, 0.2) is 12.0 Å². The summed E-state index contributed by atoms with van der Waals surface area (Å²) in [5.74, 6) is 2.51. The Hall–Kier alpha value is -0.310. The second-order valence-corrected chi connectivity index (χ2v) is 5.66. The topological polar surface area (TPSA) is 18.5 Å². The van der Waals surface area contributed by atoms with Crippen molar-refractivity contribution in [2.75, 3.05) is 0 Å². The van der Waals surface area contributed by atoms with Crippen LogP contribution in [0.2, 0.25) is 0 Å². The molecule has 0 saturated carbocycles. The number of allylic oxidation sites excluding steroid dienone is 1. The average molecular weight is 178 g/mol. The summed E-state index contributed by atoms with van der Waals surface area (Å²) in [6.45, 7) is 0. The standard InChI is InChI=1S/C4H2O2S3/c1-2-4-3-5-9(7,8)6-4/h1,3H. The SMILES string of the molecule is C#CC1=COS(=S)(=S)O1. The molecular formula is C4H2O2S3. The second-order valence-electron chi connectivity index (χ2n) is 1.21. The van der Waals surface area contributed by atoms with Crippen LogP contribution in [-0.2, 0) is 38.5 Å². The summed E-state index contributed by atoms with van der Waals surface area (Å²) in [7, 11) is -2.18. The van der Waals surface area contributed by atoms with Crippen LogP contribution in [0.5, 0.6) is 0 Å². The molecule has 1 rings (SSSR count). The van der Waals surface area contributed by atoms with Crippen LogP contribution in [-0.4, -0.2) is 0 Å². The summed E-state index contributed by atoms with van der Waals surface area (Å²) in [5, 5.41) is 0. The van der Waals surface area contributed by atoms with E-state index in [-0.39, 0.29) is 5.76 Å². The van der Waals surface area contributed by atoms with Gasteiger partial charge >= 0.3 is 0 Å². The van der Waals surface area contributed by atoms with E-state index in [1.165, 1.54) is 6.26 Å². The van der Waals surface area contributed by atoms with Crippen LogP contribution in [0.25, 0.3) is 0 Å². The third kappa shape index (κ3) is 1.55. The minimum absolute atomic E-state index is 0.287. The number of terminal acetylenes is 1. The largest absolute Gasteiger partial charge is 0.396 e. The van der Waals surface area contributed by atoms with E-state index >= 15 is 0 Å². The van der Waals surface area contributed by atoms with Crippen molar-refractivity contribution in [2.45, 2.75) is 0 Å². The summed E-state index contributed by atoms with van der Waals surface area (Å²) in [5.41, 5.74) is 0. The van der Waals surface area contributed by atoms with Gasteiger partial charge in [-0.2, -0.15) is 0 Å². The molecule has 0 saturated heterocycles. The van der Waals surface area contributed by atoms with E-state index in [9.17, 15) is 0 Å². The maximum atomic E-state index is 4.95. The Bertz CT molecular complexity index is 279. The van der Waals surface area contributed by atoms with E-state index in [4.69, 9.17) is 14.8 Å². The first-order chi connectivity index (χ1) is 4.14. The molecule has 0 atom stereocenters. The van der Waals surface area contributed by atoms with Gasteiger partial charge in [-0.15, -0.1) is 6.42 Å². The smallest absolute Gasteiger partial charge is 0.228 e. The van der Waals surface area contributed by atoms with Crippen molar-refractivity contribution < 1.29 is 8.37 Å². The Kier molecular flexibility index (Phi) is 1.62. The Labute approximate surface area is 63.1 Å². The van der Waals surface area contributed by atoms with E-state index in [2.05, 4.69) is 28.3 Å². The lowest BCUT2D eigenvalue weighted by Gasteiger charge is -1.97. The van der Waals surface area contributed by atoms with Gasteiger partial charge in [0.1, 0.15) is 0 Å². The molecule has 9 heavy (non-hydrogen) atoms. The molecule has 0 N–H and O–H groups in total. The van der Waals surface area contributed by atoms with Crippen molar-refractivity contribution >= 4 is 30.1 Å². The van der Waals surface area contributed by atoms with Gasteiger partial charge in [0, 0.05) is 22.4 Å². The first-order valence-electron chi connectivity index (χ1n) is 1.93. The maximum Gasteiger partial charge on any atom is 0.228 e. The van der Waals surface area contributed by atoms with Crippen LogP contribution in [0, 0.1) is 12.3 Å². The third-order valence-electron chi connectivity index (χ3n) is 0.607. The number of rotatable bonds is 0. The highest BCUT2D eigenvalue weighted by atomic mass is 33.1. The molecule has 0 spiro atoms. The highest BCUT2D eigenvalue weighted by Gasteiger charge is 2.12. The zero-order valence-corrected chi connectivity index (χ0v) is 6.65. The summed E-state index contributed by atoms with van der Waals surface area (Å²) in [6.07, 6.45) is 6.23. The molecule has 0 radical (unpaired) electrons. The molecule has 0 fully saturated rings. The van der Waals surface area contributed by atoms with E-state index in [1.54, 1.807) is 0 Å². The number of hydrogen-bond acceptors (Lipinski definition) is 4. The highest BCUT2D eigenvalue weighted by molar-refractivity contribution is 8.51. The Morgan fingerprint density at radius 3 is 2.56 bits per heavy atom. The Morgan fingerprint density at radius 2 is 2.33 bits per heavy atom. The quantitative estimate of drug-likeness (QED) is 0.500. The molecule has 0 amide bonds. The molecule has 1 aliphatic rings. The monoisotopic (exact) mass is 178 g/mol. The molecule has 0 aromatic rings. The molecule has 0 bridgehead atoms. The fraction of sp³-hybridized carbons (Fsp3) is 0. The fourth-order valence-electron chi connectivity index (χ4n) is 0.310. The zero-order valence-electron chi connectivity index (χ0n) is 4.20. The molecule has 1 aliphatic heterocycles. The van der Waals surface area contributed by atoms with Crippen molar-refractivity contribution in [1.82, 2.24) is 0 Å². The van der Waals surface area contributed by atoms with Crippen molar-refractivity contribution in [3.05, 3.63) is 12.0 Å². The summed E-state index contributed by atoms with van der Waals surface area (Å²) >= 11 is 9.32. The van der Waals surface area contributed by atoms with E-state index in [0.717, 1.165) is 0 Å². The second kappa shape index (κ2) is 2.14. The predicted molar refractivity (Wildman–Crippen MR) is 41.2 cm³/mol. The lowest BCUT2D eigenvalue weighted by molar-refractivity contribution is 0.503. The Morgan fingerprint density at radius 1 is 1.67 bits per heavy atom. The molecule has 0 unspecified atom stereocenters. The maximum absolute atomic E-state index is 4.95. The summed E-state index contributed by atoms with van der Waals surface area (Å²) in [6, 6.07) is 0. The highest BCUT2D eigenvalue weighted by Crippen LogP contribution is 2.14. The summed E-state index contributed by atoms with van der Waals surface area (Å²) < 4.78 is 9.54. The van der Waals surface area contributed by atoms with E-state index in [0.29, 0.717) is 0 Å². The molecule has 5 heteroatoms. The Balaban J connectivity index is 2.87. The van der Waals surface area contributed by atoms with Crippen molar-refractivity contribution in [3.63, 3.8) is 0 Å². The minimum atomic E-state index is -2.18. The van der Waals surface area contributed by atoms with Crippen molar-refractivity contribution in [1.29, 1.82) is 0 Å². The van der Waals surface area contributed by atoms with Crippen LogP contribution < -0.4 is 0 Å². The first kappa shape index (κ1) is 6.81. The average Bonchev–Trinajstić information content (AvgIpc) is 2.10. The molecule has 0 aromatic heterocycles. The van der Waals surface area contributed by atoms with Crippen LogP contribution in [0.3, 0.4) is 0 Å². The van der Waals surface area contributed by atoms with Crippen LogP contribution >= 0.6 is 0 Å². The molecule has 1 heterocycles. The fourth-order valence-corrected chi connectivity index (χ4v) is 1.54. The van der Waals surface area contributed by atoms with Crippen molar-refractivity contribution in [2.24, 2.45) is 0 Å². The van der Waals surface area contributed by atoms with Gasteiger partial charge in [0.05, 0.1) is 0 Å². The van der Waals surface area contributed by atoms with Gasteiger partial charge in [-0.05, 0) is 5.92 Å². The molecule has 48 valence electrons. The van der Waals surface area contributed by atoms with Crippen molar-refractivity contribution in [3.8, 4) is 12.3 Å². The molecule has 0 aromatic carbocycles. The van der Waals surface area contributed by atoms with Gasteiger partial charge in [-0.1, -0.05) is 0 Å². The first-order valence-corrected chi connectivity index (χ1v) is 5.27.